The van der Waals surface area contributed by atoms with Gasteiger partial charge < -0.3 is 34.0 Å². The van der Waals surface area contributed by atoms with Gasteiger partial charge >= 0.3 is 6.01 Å². The van der Waals surface area contributed by atoms with Gasteiger partial charge in [-0.1, -0.05) is 17.7 Å². The van der Waals surface area contributed by atoms with E-state index in [1.165, 1.54) is 26.5 Å². The average molecular weight is 557 g/mol. The lowest BCUT2D eigenvalue weighted by Gasteiger charge is -2.22. The van der Waals surface area contributed by atoms with E-state index in [-0.39, 0.29) is 35.3 Å². The molecule has 11 heteroatoms. The molecule has 0 saturated carbocycles. The molecule has 8 nitrogen and oxygen atoms in total. The van der Waals surface area contributed by atoms with Crippen LogP contribution in [0.15, 0.2) is 59.1 Å². The van der Waals surface area contributed by atoms with Crippen molar-refractivity contribution >= 4 is 44.9 Å². The van der Waals surface area contributed by atoms with Crippen molar-refractivity contribution < 1.29 is 37.3 Å². The van der Waals surface area contributed by atoms with Crippen LogP contribution in [-0.2, 0) is 0 Å². The zero-order valence-corrected chi connectivity index (χ0v) is 21.6. The largest absolute Gasteiger partial charge is 0.497 e. The number of aliphatic hydroxyl groups is 1. The zero-order valence-electron chi connectivity index (χ0n) is 20.8. The van der Waals surface area contributed by atoms with Crippen LogP contribution in [0, 0.1) is 11.8 Å². The number of aromatic nitrogens is 1. The number of furan rings is 1. The third-order valence-corrected chi connectivity index (χ3v) is 6.47. The summed E-state index contributed by atoms with van der Waals surface area (Å²) in [5.74, 6) is -0.317. The summed E-state index contributed by atoms with van der Waals surface area (Å²) in [5.41, 5.74) is 1.41. The van der Waals surface area contributed by atoms with E-state index in [9.17, 15) is 13.6 Å². The van der Waals surface area contributed by atoms with Crippen molar-refractivity contribution in [3.05, 3.63) is 82.7 Å². The number of ether oxygens (including phenoxy) is 3. The highest BCUT2D eigenvalue weighted by Gasteiger charge is 2.29. The molecule has 5 rings (SSSR count). The maximum atomic E-state index is 14.5. The van der Waals surface area contributed by atoms with Crippen LogP contribution >= 0.6 is 11.6 Å². The molecule has 0 aliphatic carbocycles. The molecule has 0 aliphatic rings. The molecule has 3 aromatic carbocycles. The SMILES string of the molecule is COc1cc(NC(C(=O)c2c[nH]c3c2ccc2oc(F)c(F)c23)c2ccc(Cl)cc2OC)cc(OCCO)c1. The van der Waals surface area contributed by atoms with E-state index in [0.29, 0.717) is 38.9 Å². The van der Waals surface area contributed by atoms with E-state index in [4.69, 9.17) is 35.3 Å². The monoisotopic (exact) mass is 556 g/mol. The quantitative estimate of drug-likeness (QED) is 0.174. The van der Waals surface area contributed by atoms with Crippen molar-refractivity contribution in [2.24, 2.45) is 0 Å². The lowest BCUT2D eigenvalue weighted by Crippen LogP contribution is -2.22. The Morgan fingerprint density at radius 3 is 2.64 bits per heavy atom. The van der Waals surface area contributed by atoms with Gasteiger partial charge in [0.05, 0.1) is 31.7 Å². The molecule has 3 N–H and O–H groups in total. The first-order chi connectivity index (χ1) is 18.8. The Balaban J connectivity index is 1.63. The number of benzene rings is 3. The van der Waals surface area contributed by atoms with E-state index in [1.807, 2.05) is 0 Å². The Morgan fingerprint density at radius 1 is 1.10 bits per heavy atom. The number of ketones is 1. The van der Waals surface area contributed by atoms with Gasteiger partial charge in [0, 0.05) is 51.6 Å². The maximum Gasteiger partial charge on any atom is 0.315 e. The fourth-order valence-corrected chi connectivity index (χ4v) is 4.64. The Labute approximate surface area is 226 Å². The number of carbonyl (C=O) groups is 1. The second-order valence-electron chi connectivity index (χ2n) is 8.55. The third-order valence-electron chi connectivity index (χ3n) is 6.23. The highest BCUT2D eigenvalue weighted by Crippen LogP contribution is 2.38. The fraction of sp³-hybridized carbons (Fsp3) is 0.179. The van der Waals surface area contributed by atoms with Gasteiger partial charge in [-0.25, -0.2) is 0 Å². The molecule has 0 radical (unpaired) electrons. The van der Waals surface area contributed by atoms with Crippen LogP contribution in [0.1, 0.15) is 22.0 Å². The van der Waals surface area contributed by atoms with E-state index < -0.39 is 23.7 Å². The highest BCUT2D eigenvalue weighted by molar-refractivity contribution is 6.30. The first-order valence-electron chi connectivity index (χ1n) is 11.8. The van der Waals surface area contributed by atoms with E-state index in [2.05, 4.69) is 10.3 Å². The molecule has 1 unspecified atom stereocenters. The lowest BCUT2D eigenvalue weighted by atomic mass is 9.95. The molecule has 0 bridgehead atoms. The van der Waals surface area contributed by atoms with Crippen LogP contribution in [0.3, 0.4) is 0 Å². The van der Waals surface area contributed by atoms with Crippen molar-refractivity contribution in [2.75, 3.05) is 32.8 Å². The molecule has 1 atom stereocenters. The number of aliphatic hydroxyl groups excluding tert-OH is 1. The van der Waals surface area contributed by atoms with Gasteiger partial charge in [0.1, 0.15) is 35.5 Å². The van der Waals surface area contributed by atoms with Crippen molar-refractivity contribution in [1.82, 2.24) is 4.98 Å². The maximum absolute atomic E-state index is 14.5. The summed E-state index contributed by atoms with van der Waals surface area (Å²) in [7, 11) is 2.95. The Kier molecular flexibility index (Phi) is 7.32. The smallest absolute Gasteiger partial charge is 0.315 e. The minimum atomic E-state index is -1.33. The Bertz CT molecular complexity index is 1680. The van der Waals surface area contributed by atoms with Gasteiger partial charge in [-0.2, -0.15) is 8.78 Å². The Morgan fingerprint density at radius 2 is 1.90 bits per heavy atom. The molecule has 0 saturated heterocycles. The van der Waals surface area contributed by atoms with Crippen LogP contribution in [0.2, 0.25) is 5.02 Å². The van der Waals surface area contributed by atoms with Gasteiger partial charge in [0.25, 0.3) is 0 Å². The summed E-state index contributed by atoms with van der Waals surface area (Å²) in [6.45, 7) is -0.118. The molecule has 0 spiro atoms. The molecule has 2 aromatic heterocycles. The van der Waals surface area contributed by atoms with Gasteiger partial charge in [0.2, 0.25) is 5.82 Å². The van der Waals surface area contributed by atoms with Crippen LogP contribution < -0.4 is 19.5 Å². The topological polar surface area (TPSA) is 106 Å². The summed E-state index contributed by atoms with van der Waals surface area (Å²) in [6.07, 6.45) is 1.44. The molecule has 0 fully saturated rings. The second-order valence-corrected chi connectivity index (χ2v) is 8.99. The number of anilines is 1. The van der Waals surface area contributed by atoms with Gasteiger partial charge in [-0.3, -0.25) is 4.79 Å². The predicted octanol–water partition coefficient (Wildman–Crippen LogP) is 6.27. The Hall–Kier alpha value is -4.28. The van der Waals surface area contributed by atoms with Crippen LogP contribution in [0.25, 0.3) is 21.9 Å². The molecule has 5 aromatic rings. The molecule has 39 heavy (non-hydrogen) atoms. The molecular formula is C28H23ClF2N2O6. The zero-order chi connectivity index (χ0) is 27.7. The van der Waals surface area contributed by atoms with Crippen LogP contribution in [-0.4, -0.2) is 43.3 Å². The number of fused-ring (bicyclic) bond motifs is 3. The van der Waals surface area contributed by atoms with E-state index >= 15 is 0 Å². The number of Topliss-reactive ketones (excluding diaryl/α,β-unsaturated/α-hetero) is 1. The van der Waals surface area contributed by atoms with Crippen LogP contribution in [0.4, 0.5) is 14.5 Å². The fourth-order valence-electron chi connectivity index (χ4n) is 4.48. The number of H-pyrrole nitrogens is 1. The standard InChI is InChI=1S/C28H23ClF2N2O6/c1-36-16-10-15(11-17(12-16)38-8-7-34)33-26(19-4-3-14(29)9-22(19)37-2)27(35)20-13-32-25-18(20)5-6-21-23(25)24(30)28(31)39-21/h3-6,9-13,26,32-34H,7-8H2,1-2H3. The lowest BCUT2D eigenvalue weighted by molar-refractivity contribution is 0.0970. The molecular weight excluding hydrogens is 534 g/mol. The number of hydrogen-bond donors (Lipinski definition) is 3. The normalized spacial score (nSPS) is 12.1. The van der Waals surface area contributed by atoms with Crippen molar-refractivity contribution in [3.8, 4) is 17.2 Å². The number of aromatic amines is 1. The van der Waals surface area contributed by atoms with Gasteiger partial charge in [-0.15, -0.1) is 0 Å². The summed E-state index contributed by atoms with van der Waals surface area (Å²) in [5, 5.41) is 13.1. The summed E-state index contributed by atoms with van der Waals surface area (Å²) in [6, 6.07) is 10.5. The van der Waals surface area contributed by atoms with E-state index in [1.54, 1.807) is 42.5 Å². The first kappa shape index (κ1) is 26.3. The number of halogens is 3. The minimum Gasteiger partial charge on any atom is -0.497 e. The minimum absolute atomic E-state index is 0.0131. The molecule has 0 aliphatic heterocycles. The number of hydrogen-bond acceptors (Lipinski definition) is 7. The number of methoxy groups -OCH3 is 2. The van der Waals surface area contributed by atoms with Crippen LogP contribution in [0.5, 0.6) is 17.2 Å². The highest BCUT2D eigenvalue weighted by atomic mass is 35.5. The summed E-state index contributed by atoms with van der Waals surface area (Å²) >= 11 is 6.18. The van der Waals surface area contributed by atoms with Crippen molar-refractivity contribution in [2.45, 2.75) is 6.04 Å². The van der Waals surface area contributed by atoms with Crippen molar-refractivity contribution in [1.29, 1.82) is 0 Å². The number of nitrogens with one attached hydrogen (secondary N) is 2. The predicted molar refractivity (Wildman–Crippen MR) is 142 cm³/mol. The number of rotatable bonds is 10. The van der Waals surface area contributed by atoms with Gasteiger partial charge in [0.15, 0.2) is 5.78 Å². The van der Waals surface area contributed by atoms with E-state index in [0.717, 1.165) is 0 Å². The third kappa shape index (κ3) is 4.96. The molecule has 2 heterocycles. The number of carbonyl (C=O) groups excluding carboxylic acids is 1. The first-order valence-corrected chi connectivity index (χ1v) is 12.2. The summed E-state index contributed by atoms with van der Waals surface area (Å²) in [4.78, 5) is 17.1. The second kappa shape index (κ2) is 10.8. The van der Waals surface area contributed by atoms with Crippen molar-refractivity contribution in [3.63, 3.8) is 0 Å². The van der Waals surface area contributed by atoms with Gasteiger partial charge in [-0.05, 0) is 24.3 Å². The molecule has 0 amide bonds. The molecule has 202 valence electrons. The summed E-state index contributed by atoms with van der Waals surface area (Å²) < 4.78 is 49.6. The average Bonchev–Trinajstić information content (AvgIpc) is 3.50.